The van der Waals surface area contributed by atoms with Crippen LogP contribution in [0, 0.1) is 11.3 Å². The lowest BCUT2D eigenvalue weighted by Crippen LogP contribution is -2.55. The van der Waals surface area contributed by atoms with E-state index in [4.69, 9.17) is 5.73 Å². The van der Waals surface area contributed by atoms with E-state index in [0.29, 0.717) is 17.4 Å². The molecule has 2 aliphatic rings. The molecular weight excluding hydrogens is 220 g/mol. The quantitative estimate of drug-likeness (QED) is 0.812. The molecule has 0 saturated heterocycles. The molecule has 2 fully saturated rings. The van der Waals surface area contributed by atoms with Crippen molar-refractivity contribution in [1.82, 2.24) is 4.90 Å². The number of hydrogen-bond donors (Lipinski definition) is 1. The summed E-state index contributed by atoms with van der Waals surface area (Å²) >= 11 is 0. The molecule has 2 rings (SSSR count). The Morgan fingerprint density at radius 3 is 2.33 bits per heavy atom. The minimum Gasteiger partial charge on any atom is -0.327 e. The normalized spacial score (nSPS) is 28.7. The van der Waals surface area contributed by atoms with Crippen LogP contribution in [-0.4, -0.2) is 30.6 Å². The van der Waals surface area contributed by atoms with Gasteiger partial charge in [-0.1, -0.05) is 33.1 Å². The molecule has 2 aliphatic carbocycles. The van der Waals surface area contributed by atoms with E-state index in [1.807, 2.05) is 0 Å². The molecule has 2 atom stereocenters. The molecule has 0 aromatic carbocycles. The number of nitrogens with zero attached hydrogens (tertiary/aromatic N) is 1. The highest BCUT2D eigenvalue weighted by atomic mass is 15.2. The predicted molar refractivity (Wildman–Crippen MR) is 78.6 cm³/mol. The lowest BCUT2D eigenvalue weighted by molar-refractivity contribution is -0.0428. The standard InChI is InChI=1S/C16H32N2/c1-13(2)14(17)8-12-18(3)15-7-11-16(15)9-5-4-6-10-16/h13-15H,4-12,17H2,1-3H3. The van der Waals surface area contributed by atoms with Gasteiger partial charge in [0.25, 0.3) is 0 Å². The summed E-state index contributed by atoms with van der Waals surface area (Å²) in [5.74, 6) is 0.614. The maximum absolute atomic E-state index is 6.17. The molecule has 2 unspecified atom stereocenters. The highest BCUT2D eigenvalue weighted by Gasteiger charge is 2.48. The van der Waals surface area contributed by atoms with Crippen molar-refractivity contribution < 1.29 is 0 Å². The van der Waals surface area contributed by atoms with E-state index in [1.54, 1.807) is 0 Å². The van der Waals surface area contributed by atoms with Gasteiger partial charge in [0.15, 0.2) is 0 Å². The monoisotopic (exact) mass is 252 g/mol. The van der Waals surface area contributed by atoms with Gasteiger partial charge in [-0.25, -0.2) is 0 Å². The van der Waals surface area contributed by atoms with Gasteiger partial charge in [-0.2, -0.15) is 0 Å². The Balaban J connectivity index is 1.80. The van der Waals surface area contributed by atoms with Crippen LogP contribution in [0.4, 0.5) is 0 Å². The van der Waals surface area contributed by atoms with Gasteiger partial charge in [0.1, 0.15) is 0 Å². The lowest BCUT2D eigenvalue weighted by Gasteiger charge is -2.56. The SMILES string of the molecule is CC(C)C(N)CCN(C)C1CCC12CCCCC2. The molecule has 2 nitrogen and oxygen atoms in total. The fourth-order valence-corrected chi connectivity index (χ4v) is 4.05. The zero-order chi connectivity index (χ0) is 13.2. The van der Waals surface area contributed by atoms with Crippen molar-refractivity contribution in [2.45, 2.75) is 77.3 Å². The number of rotatable bonds is 5. The van der Waals surface area contributed by atoms with E-state index in [1.165, 1.54) is 51.5 Å². The van der Waals surface area contributed by atoms with E-state index >= 15 is 0 Å². The number of nitrogens with two attached hydrogens (primary N) is 1. The van der Waals surface area contributed by atoms with Gasteiger partial charge in [0.2, 0.25) is 0 Å². The van der Waals surface area contributed by atoms with Gasteiger partial charge in [-0.3, -0.25) is 0 Å². The molecule has 2 N–H and O–H groups in total. The molecule has 2 saturated carbocycles. The Labute approximate surface area is 113 Å². The summed E-state index contributed by atoms with van der Waals surface area (Å²) in [6.45, 7) is 5.65. The molecule has 2 heteroatoms. The Bertz CT molecular complexity index is 256. The first-order valence-corrected chi connectivity index (χ1v) is 8.01. The smallest absolute Gasteiger partial charge is 0.0149 e. The van der Waals surface area contributed by atoms with Crippen LogP contribution >= 0.6 is 0 Å². The van der Waals surface area contributed by atoms with Crippen molar-refractivity contribution in [3.8, 4) is 0 Å². The third-order valence-electron chi connectivity index (χ3n) is 5.68. The van der Waals surface area contributed by atoms with Gasteiger partial charge in [-0.05, 0) is 57.0 Å². The molecule has 1 spiro atoms. The maximum atomic E-state index is 6.17. The van der Waals surface area contributed by atoms with Crippen LogP contribution < -0.4 is 5.73 Å². The summed E-state index contributed by atoms with van der Waals surface area (Å²) in [6, 6.07) is 1.23. The molecule has 0 radical (unpaired) electrons. The van der Waals surface area contributed by atoms with Crippen LogP contribution in [0.15, 0.2) is 0 Å². The van der Waals surface area contributed by atoms with Crippen molar-refractivity contribution in [2.24, 2.45) is 17.1 Å². The second-order valence-electron chi connectivity index (χ2n) is 7.15. The maximum Gasteiger partial charge on any atom is 0.0149 e. The second kappa shape index (κ2) is 5.92. The summed E-state index contributed by atoms with van der Waals surface area (Å²) in [6.07, 6.45) is 11.4. The van der Waals surface area contributed by atoms with Crippen LogP contribution in [0.1, 0.15) is 65.2 Å². The largest absolute Gasteiger partial charge is 0.327 e. The minimum absolute atomic E-state index is 0.370. The first-order chi connectivity index (χ1) is 8.55. The average molecular weight is 252 g/mol. The average Bonchev–Trinajstić information content (AvgIpc) is 2.35. The van der Waals surface area contributed by atoms with Crippen molar-refractivity contribution in [1.29, 1.82) is 0 Å². The van der Waals surface area contributed by atoms with E-state index in [2.05, 4.69) is 25.8 Å². The molecular formula is C16H32N2. The molecule has 0 aromatic heterocycles. The summed E-state index contributed by atoms with van der Waals surface area (Å²) < 4.78 is 0. The third kappa shape index (κ3) is 2.91. The zero-order valence-electron chi connectivity index (χ0n) is 12.6. The van der Waals surface area contributed by atoms with E-state index in [-0.39, 0.29) is 0 Å². The van der Waals surface area contributed by atoms with Crippen molar-refractivity contribution >= 4 is 0 Å². The van der Waals surface area contributed by atoms with Gasteiger partial charge in [0, 0.05) is 12.1 Å². The molecule has 0 aliphatic heterocycles. The highest BCUT2D eigenvalue weighted by molar-refractivity contribution is 5.02. The minimum atomic E-state index is 0.370. The summed E-state index contributed by atoms with van der Waals surface area (Å²) in [4.78, 5) is 2.62. The van der Waals surface area contributed by atoms with Gasteiger partial charge in [0.05, 0.1) is 0 Å². The summed E-state index contributed by atoms with van der Waals surface area (Å²) in [5, 5.41) is 0. The first-order valence-electron chi connectivity index (χ1n) is 8.01. The zero-order valence-corrected chi connectivity index (χ0v) is 12.6. The van der Waals surface area contributed by atoms with Crippen LogP contribution in [0.25, 0.3) is 0 Å². The Morgan fingerprint density at radius 1 is 1.17 bits per heavy atom. The topological polar surface area (TPSA) is 29.3 Å². The molecule has 0 bridgehead atoms. The molecule has 0 heterocycles. The fourth-order valence-electron chi connectivity index (χ4n) is 4.05. The predicted octanol–water partition coefficient (Wildman–Crippen LogP) is 3.40. The third-order valence-corrected chi connectivity index (χ3v) is 5.68. The van der Waals surface area contributed by atoms with Gasteiger partial charge in [-0.15, -0.1) is 0 Å². The highest BCUT2D eigenvalue weighted by Crippen LogP contribution is 2.53. The van der Waals surface area contributed by atoms with E-state index < -0.39 is 0 Å². The van der Waals surface area contributed by atoms with Gasteiger partial charge >= 0.3 is 0 Å². The molecule has 106 valence electrons. The Morgan fingerprint density at radius 2 is 1.83 bits per heavy atom. The van der Waals surface area contributed by atoms with Crippen LogP contribution in [0.2, 0.25) is 0 Å². The van der Waals surface area contributed by atoms with Crippen molar-refractivity contribution in [3.05, 3.63) is 0 Å². The van der Waals surface area contributed by atoms with Crippen LogP contribution in [-0.2, 0) is 0 Å². The second-order valence-corrected chi connectivity index (χ2v) is 7.15. The Hall–Kier alpha value is -0.0800. The molecule has 0 amide bonds. The van der Waals surface area contributed by atoms with Crippen molar-refractivity contribution in [2.75, 3.05) is 13.6 Å². The summed E-state index contributed by atoms with van der Waals surface area (Å²) in [7, 11) is 2.33. The van der Waals surface area contributed by atoms with E-state index in [0.717, 1.165) is 12.5 Å². The molecule has 0 aromatic rings. The van der Waals surface area contributed by atoms with Crippen LogP contribution in [0.5, 0.6) is 0 Å². The number of hydrogen-bond acceptors (Lipinski definition) is 2. The first kappa shape index (κ1) is 14.3. The molecule has 18 heavy (non-hydrogen) atoms. The Kier molecular flexibility index (Phi) is 4.71. The van der Waals surface area contributed by atoms with Crippen molar-refractivity contribution in [3.63, 3.8) is 0 Å². The van der Waals surface area contributed by atoms with Crippen LogP contribution in [0.3, 0.4) is 0 Å². The lowest BCUT2D eigenvalue weighted by atomic mass is 9.57. The summed E-state index contributed by atoms with van der Waals surface area (Å²) in [5.41, 5.74) is 6.87. The van der Waals surface area contributed by atoms with Gasteiger partial charge < -0.3 is 10.6 Å². The fraction of sp³-hybridized carbons (Fsp3) is 1.00. The van der Waals surface area contributed by atoms with E-state index in [9.17, 15) is 0 Å².